The summed E-state index contributed by atoms with van der Waals surface area (Å²) in [5, 5.41) is 0. The lowest BCUT2D eigenvalue weighted by molar-refractivity contribution is 0.660. The van der Waals surface area contributed by atoms with E-state index >= 15 is 0 Å². The van der Waals surface area contributed by atoms with Gasteiger partial charge in [-0.15, -0.1) is 0 Å². The van der Waals surface area contributed by atoms with Crippen molar-refractivity contribution in [2.75, 3.05) is 0 Å². The molecule has 0 N–H and O–H groups in total. The molecule has 0 heteroatoms. The molecule has 0 spiro atoms. The lowest BCUT2D eigenvalue weighted by Crippen LogP contribution is -2.15. The fraction of sp³-hybridized carbons (Fsp3) is 0.200. The minimum Gasteiger partial charge on any atom is -0.0620 e. The van der Waals surface area contributed by atoms with Crippen molar-refractivity contribution in [3.63, 3.8) is 0 Å². The molecular formula is C30H28. The van der Waals surface area contributed by atoms with Crippen LogP contribution >= 0.6 is 0 Å². The van der Waals surface area contributed by atoms with Gasteiger partial charge in [0.25, 0.3) is 0 Å². The van der Waals surface area contributed by atoms with Crippen molar-refractivity contribution in [2.45, 2.75) is 40.0 Å². The molecule has 0 bridgehead atoms. The minimum atomic E-state index is 0.0306. The van der Waals surface area contributed by atoms with Gasteiger partial charge in [0.15, 0.2) is 0 Å². The zero-order valence-electron chi connectivity index (χ0n) is 18.5. The lowest BCUT2D eigenvalue weighted by Gasteiger charge is -2.22. The molecule has 0 unspecified atom stereocenters. The third-order valence-electron chi connectivity index (χ3n) is 6.83. The summed E-state index contributed by atoms with van der Waals surface area (Å²) in [5.74, 6) is 0. The molecule has 0 aliphatic heterocycles. The van der Waals surface area contributed by atoms with E-state index in [0.717, 1.165) is 0 Å². The first-order valence-corrected chi connectivity index (χ1v) is 10.8. The van der Waals surface area contributed by atoms with Gasteiger partial charge in [-0.3, -0.25) is 0 Å². The largest absolute Gasteiger partial charge is 0.0620 e. The second-order valence-electron chi connectivity index (χ2n) is 9.28. The van der Waals surface area contributed by atoms with Gasteiger partial charge in [-0.2, -0.15) is 0 Å². The van der Waals surface area contributed by atoms with Gasteiger partial charge in [-0.25, -0.2) is 0 Å². The Morgan fingerprint density at radius 3 is 1.77 bits per heavy atom. The molecule has 148 valence electrons. The molecule has 30 heavy (non-hydrogen) atoms. The quantitative estimate of drug-likeness (QED) is 0.324. The molecule has 0 nitrogen and oxygen atoms in total. The molecule has 0 fully saturated rings. The molecule has 0 amide bonds. The van der Waals surface area contributed by atoms with E-state index in [2.05, 4.69) is 113 Å². The van der Waals surface area contributed by atoms with Crippen molar-refractivity contribution in [1.82, 2.24) is 0 Å². The topological polar surface area (TPSA) is 0 Å². The lowest BCUT2D eigenvalue weighted by atomic mass is 9.81. The molecule has 0 atom stereocenters. The summed E-state index contributed by atoms with van der Waals surface area (Å²) in [6.45, 7) is 11.3. The van der Waals surface area contributed by atoms with Crippen molar-refractivity contribution in [3.8, 4) is 33.4 Å². The van der Waals surface area contributed by atoms with Crippen molar-refractivity contribution in [1.29, 1.82) is 0 Å². The van der Waals surface area contributed by atoms with Crippen LogP contribution in [0.3, 0.4) is 0 Å². The van der Waals surface area contributed by atoms with Crippen LogP contribution in [0.2, 0.25) is 0 Å². The first kappa shape index (κ1) is 18.9. The third-order valence-corrected chi connectivity index (χ3v) is 6.83. The number of fused-ring (bicyclic) bond motifs is 3. The Kier molecular flexibility index (Phi) is 4.22. The van der Waals surface area contributed by atoms with Gasteiger partial charge < -0.3 is 0 Å². The van der Waals surface area contributed by atoms with Crippen LogP contribution in [-0.4, -0.2) is 0 Å². The molecule has 4 aromatic carbocycles. The Hall–Kier alpha value is -3.12. The number of hydrogen-bond acceptors (Lipinski definition) is 0. The fourth-order valence-corrected chi connectivity index (χ4v) is 5.05. The Balaban J connectivity index is 1.59. The molecular weight excluding hydrogens is 360 g/mol. The van der Waals surface area contributed by atoms with E-state index < -0.39 is 0 Å². The van der Waals surface area contributed by atoms with Crippen LogP contribution < -0.4 is 0 Å². The van der Waals surface area contributed by atoms with E-state index in [1.54, 1.807) is 0 Å². The van der Waals surface area contributed by atoms with Crippen LogP contribution in [0, 0.1) is 20.8 Å². The smallest absolute Gasteiger partial charge is 0.0159 e. The standard InChI is InChI=1S/C30H28/c1-19-10-13-26-27-15-12-23(18-29(27)30(4,5)28(26)16-19)22-11-14-25(21(3)17-22)24-9-7-6-8-20(24)2/h6-18H,1-5H3. The first-order valence-electron chi connectivity index (χ1n) is 10.8. The normalized spacial score (nSPS) is 13.8. The maximum atomic E-state index is 2.41. The Morgan fingerprint density at radius 2 is 1.07 bits per heavy atom. The highest BCUT2D eigenvalue weighted by molar-refractivity contribution is 5.84. The second kappa shape index (κ2) is 6.71. The molecule has 0 saturated heterocycles. The average molecular weight is 389 g/mol. The van der Waals surface area contributed by atoms with Gasteiger partial charge in [-0.1, -0.05) is 92.2 Å². The van der Waals surface area contributed by atoms with E-state index in [0.29, 0.717) is 0 Å². The van der Waals surface area contributed by atoms with Gasteiger partial charge >= 0.3 is 0 Å². The second-order valence-corrected chi connectivity index (χ2v) is 9.28. The van der Waals surface area contributed by atoms with Crippen LogP contribution in [-0.2, 0) is 5.41 Å². The highest BCUT2D eigenvalue weighted by atomic mass is 14.4. The predicted molar refractivity (Wildman–Crippen MR) is 129 cm³/mol. The van der Waals surface area contributed by atoms with Gasteiger partial charge in [-0.05, 0) is 82.5 Å². The average Bonchev–Trinajstić information content (AvgIpc) is 2.95. The van der Waals surface area contributed by atoms with Crippen LogP contribution in [0.1, 0.15) is 41.7 Å². The first-order chi connectivity index (χ1) is 14.4. The van der Waals surface area contributed by atoms with Crippen LogP contribution in [0.4, 0.5) is 0 Å². The zero-order valence-corrected chi connectivity index (χ0v) is 18.5. The molecule has 4 aromatic rings. The number of hydrogen-bond donors (Lipinski definition) is 0. The van der Waals surface area contributed by atoms with E-state index in [1.165, 1.54) is 61.2 Å². The molecule has 1 aliphatic rings. The maximum absolute atomic E-state index is 2.41. The molecule has 5 rings (SSSR count). The summed E-state index contributed by atoms with van der Waals surface area (Å²) in [4.78, 5) is 0. The highest BCUT2D eigenvalue weighted by Crippen LogP contribution is 2.49. The molecule has 1 aliphatic carbocycles. The van der Waals surface area contributed by atoms with E-state index in [9.17, 15) is 0 Å². The third kappa shape index (κ3) is 2.82. The molecule has 0 radical (unpaired) electrons. The van der Waals surface area contributed by atoms with Crippen molar-refractivity contribution in [3.05, 3.63) is 107 Å². The van der Waals surface area contributed by atoms with Crippen LogP contribution in [0.15, 0.2) is 78.9 Å². The maximum Gasteiger partial charge on any atom is 0.0159 e. The SMILES string of the molecule is Cc1ccc2c(c1)C(C)(C)c1cc(-c3ccc(-c4ccccc4C)c(C)c3)ccc1-2. The van der Waals surface area contributed by atoms with E-state index in [1.807, 2.05) is 0 Å². The van der Waals surface area contributed by atoms with E-state index in [-0.39, 0.29) is 5.41 Å². The van der Waals surface area contributed by atoms with Crippen molar-refractivity contribution >= 4 is 0 Å². The number of benzene rings is 4. The molecule has 0 saturated carbocycles. The summed E-state index contributed by atoms with van der Waals surface area (Å²) in [5.41, 5.74) is 14.9. The molecule has 0 aromatic heterocycles. The molecule has 0 heterocycles. The van der Waals surface area contributed by atoms with Gasteiger partial charge in [0.1, 0.15) is 0 Å². The summed E-state index contributed by atoms with van der Waals surface area (Å²) in [7, 11) is 0. The summed E-state index contributed by atoms with van der Waals surface area (Å²) < 4.78 is 0. The minimum absolute atomic E-state index is 0.0306. The number of aryl methyl sites for hydroxylation is 3. The predicted octanol–water partition coefficient (Wildman–Crippen LogP) is 8.25. The zero-order chi connectivity index (χ0) is 21.0. The summed E-state index contributed by atoms with van der Waals surface area (Å²) in [6, 6.07) is 29.4. The van der Waals surface area contributed by atoms with E-state index in [4.69, 9.17) is 0 Å². The van der Waals surface area contributed by atoms with Gasteiger partial charge in [0, 0.05) is 5.41 Å². The van der Waals surface area contributed by atoms with Crippen molar-refractivity contribution in [2.24, 2.45) is 0 Å². The van der Waals surface area contributed by atoms with Crippen molar-refractivity contribution < 1.29 is 0 Å². The number of rotatable bonds is 2. The monoisotopic (exact) mass is 388 g/mol. The van der Waals surface area contributed by atoms with Crippen LogP contribution in [0.25, 0.3) is 33.4 Å². The van der Waals surface area contributed by atoms with Gasteiger partial charge in [0.05, 0.1) is 0 Å². The Bertz CT molecular complexity index is 1290. The summed E-state index contributed by atoms with van der Waals surface area (Å²) >= 11 is 0. The fourth-order valence-electron chi connectivity index (χ4n) is 5.05. The van der Waals surface area contributed by atoms with Crippen LogP contribution in [0.5, 0.6) is 0 Å². The Morgan fingerprint density at radius 1 is 0.500 bits per heavy atom. The summed E-state index contributed by atoms with van der Waals surface area (Å²) in [6.07, 6.45) is 0. The van der Waals surface area contributed by atoms with Gasteiger partial charge in [0.2, 0.25) is 0 Å². The Labute approximate surface area is 180 Å². The highest BCUT2D eigenvalue weighted by Gasteiger charge is 2.35.